The number of aliphatic hydroxyl groups is 1. The lowest BCUT2D eigenvalue weighted by Crippen LogP contribution is -2.42. The monoisotopic (exact) mass is 314 g/mol. The van der Waals surface area contributed by atoms with Crippen LogP contribution in [0.1, 0.15) is 6.42 Å². The predicted octanol–water partition coefficient (Wildman–Crippen LogP) is 3.24. The summed E-state index contributed by atoms with van der Waals surface area (Å²) in [5, 5.41) is 16.4. The first-order chi connectivity index (χ1) is 10.7. The van der Waals surface area contributed by atoms with Gasteiger partial charge in [-0.05, 0) is 42.5 Å². The fourth-order valence-electron chi connectivity index (χ4n) is 2.34. The number of carbonyl (C=O) groups excluding carboxylic acids is 1. The molecule has 4 nitrogen and oxygen atoms in total. The smallest absolute Gasteiger partial charge is 0.257 e. The van der Waals surface area contributed by atoms with Gasteiger partial charge in [0.2, 0.25) is 0 Å². The maximum absolute atomic E-state index is 12.2. The molecule has 0 radical (unpaired) electrons. The molecule has 0 bridgehead atoms. The van der Waals surface area contributed by atoms with E-state index in [9.17, 15) is 9.90 Å². The number of thioether (sulfide) groups is 1. The third kappa shape index (κ3) is 3.43. The largest absolute Gasteiger partial charge is 0.379 e. The topological polar surface area (TPSA) is 61.4 Å². The van der Waals surface area contributed by atoms with Crippen LogP contribution in [0.2, 0.25) is 0 Å². The summed E-state index contributed by atoms with van der Waals surface area (Å²) in [7, 11) is 0. The molecule has 1 aliphatic heterocycles. The van der Waals surface area contributed by atoms with Gasteiger partial charge in [0, 0.05) is 22.8 Å². The Hall–Kier alpha value is -1.98. The zero-order valence-electron chi connectivity index (χ0n) is 12.1. The Labute approximate surface area is 133 Å². The van der Waals surface area contributed by atoms with Crippen molar-refractivity contribution >= 4 is 34.7 Å². The standard InChI is InChI=1S/C17H18N2O2S/c20-16(17(21)9-10-22-12-17)19-15-8-4-7-14(11-15)18-13-5-2-1-3-6-13/h1-8,11,18,21H,9-10,12H2,(H,19,20). The Balaban J connectivity index is 1.70. The average Bonchev–Trinajstić information content (AvgIpc) is 2.97. The van der Waals surface area contributed by atoms with Crippen LogP contribution in [-0.4, -0.2) is 28.1 Å². The minimum absolute atomic E-state index is 0.325. The van der Waals surface area contributed by atoms with Gasteiger partial charge in [-0.3, -0.25) is 4.79 Å². The summed E-state index contributed by atoms with van der Waals surface area (Å²) in [5.74, 6) is 0.953. The Bertz CT molecular complexity index is 655. The molecule has 3 N–H and O–H groups in total. The number of rotatable bonds is 4. The number of hydrogen-bond donors (Lipinski definition) is 3. The lowest BCUT2D eigenvalue weighted by Gasteiger charge is -2.20. The molecule has 1 fully saturated rings. The molecule has 1 unspecified atom stereocenters. The molecule has 0 saturated carbocycles. The van der Waals surface area contributed by atoms with E-state index in [2.05, 4.69) is 10.6 Å². The minimum atomic E-state index is -1.24. The molecular formula is C17H18N2O2S. The van der Waals surface area contributed by atoms with Crippen molar-refractivity contribution in [1.29, 1.82) is 0 Å². The predicted molar refractivity (Wildman–Crippen MR) is 91.7 cm³/mol. The van der Waals surface area contributed by atoms with Gasteiger partial charge in [-0.15, -0.1) is 0 Å². The van der Waals surface area contributed by atoms with E-state index in [1.807, 2.05) is 54.6 Å². The first-order valence-electron chi connectivity index (χ1n) is 7.19. The number of hydrogen-bond acceptors (Lipinski definition) is 4. The van der Waals surface area contributed by atoms with E-state index in [0.717, 1.165) is 17.1 Å². The van der Waals surface area contributed by atoms with E-state index in [1.54, 1.807) is 11.8 Å². The van der Waals surface area contributed by atoms with Gasteiger partial charge >= 0.3 is 0 Å². The maximum Gasteiger partial charge on any atom is 0.257 e. The van der Waals surface area contributed by atoms with E-state index in [1.165, 1.54) is 0 Å². The zero-order chi connectivity index (χ0) is 15.4. The molecule has 1 aliphatic rings. The van der Waals surface area contributed by atoms with Crippen molar-refractivity contribution in [3.05, 3.63) is 54.6 Å². The summed E-state index contributed by atoms with van der Waals surface area (Å²) in [6.07, 6.45) is 0.505. The van der Waals surface area contributed by atoms with Crippen LogP contribution in [0.3, 0.4) is 0 Å². The second kappa shape index (κ2) is 6.42. The van der Waals surface area contributed by atoms with Crippen molar-refractivity contribution in [2.45, 2.75) is 12.0 Å². The second-order valence-corrected chi connectivity index (χ2v) is 6.47. The summed E-state index contributed by atoms with van der Waals surface area (Å²) in [6.45, 7) is 0. The Morgan fingerprint density at radius 3 is 2.50 bits per heavy atom. The summed E-state index contributed by atoms with van der Waals surface area (Å²) >= 11 is 1.60. The SMILES string of the molecule is O=C(Nc1cccc(Nc2ccccc2)c1)C1(O)CCSC1. The van der Waals surface area contributed by atoms with Crippen molar-refractivity contribution in [3.63, 3.8) is 0 Å². The van der Waals surface area contributed by atoms with Crippen LogP contribution in [-0.2, 0) is 4.79 Å². The molecule has 3 rings (SSSR count). The zero-order valence-corrected chi connectivity index (χ0v) is 12.9. The van der Waals surface area contributed by atoms with Crippen molar-refractivity contribution in [1.82, 2.24) is 0 Å². The number of carbonyl (C=O) groups is 1. The van der Waals surface area contributed by atoms with Crippen LogP contribution in [0.15, 0.2) is 54.6 Å². The highest BCUT2D eigenvalue weighted by atomic mass is 32.2. The molecule has 1 heterocycles. The molecule has 1 amide bonds. The van der Waals surface area contributed by atoms with Gasteiger partial charge in [0.25, 0.3) is 5.91 Å². The highest BCUT2D eigenvalue weighted by Crippen LogP contribution is 2.29. The van der Waals surface area contributed by atoms with E-state index >= 15 is 0 Å². The first-order valence-corrected chi connectivity index (χ1v) is 8.35. The molecular weight excluding hydrogens is 296 g/mol. The van der Waals surface area contributed by atoms with E-state index < -0.39 is 5.60 Å². The average molecular weight is 314 g/mol. The normalized spacial score (nSPS) is 20.6. The molecule has 1 atom stereocenters. The molecule has 114 valence electrons. The number of para-hydroxylation sites is 1. The fraction of sp³-hybridized carbons (Fsp3) is 0.235. The number of nitrogens with one attached hydrogen (secondary N) is 2. The molecule has 2 aromatic rings. The van der Waals surface area contributed by atoms with Gasteiger partial charge in [-0.2, -0.15) is 11.8 Å². The Morgan fingerprint density at radius 2 is 1.77 bits per heavy atom. The molecule has 0 aromatic heterocycles. The van der Waals surface area contributed by atoms with Crippen LogP contribution >= 0.6 is 11.8 Å². The van der Waals surface area contributed by atoms with Crippen LogP contribution in [0.25, 0.3) is 0 Å². The molecule has 5 heteroatoms. The second-order valence-electron chi connectivity index (χ2n) is 5.36. The van der Waals surface area contributed by atoms with Crippen LogP contribution < -0.4 is 10.6 Å². The van der Waals surface area contributed by atoms with E-state index in [4.69, 9.17) is 0 Å². The summed E-state index contributed by atoms with van der Waals surface area (Å²) in [4.78, 5) is 12.2. The molecule has 0 aliphatic carbocycles. The Kier molecular flexibility index (Phi) is 4.36. The lowest BCUT2D eigenvalue weighted by molar-refractivity contribution is -0.131. The molecule has 1 saturated heterocycles. The van der Waals surface area contributed by atoms with E-state index in [-0.39, 0.29) is 5.91 Å². The van der Waals surface area contributed by atoms with Gasteiger partial charge in [0.1, 0.15) is 0 Å². The van der Waals surface area contributed by atoms with Crippen LogP contribution in [0, 0.1) is 0 Å². The summed E-state index contributed by atoms with van der Waals surface area (Å²) in [6, 6.07) is 17.3. The third-order valence-corrected chi connectivity index (χ3v) is 4.78. The van der Waals surface area contributed by atoms with Gasteiger partial charge in [-0.25, -0.2) is 0 Å². The van der Waals surface area contributed by atoms with E-state index in [0.29, 0.717) is 17.9 Å². The van der Waals surface area contributed by atoms with Gasteiger partial charge in [0.05, 0.1) is 0 Å². The summed E-state index contributed by atoms with van der Waals surface area (Å²) < 4.78 is 0. The van der Waals surface area contributed by atoms with Crippen molar-refractivity contribution in [3.8, 4) is 0 Å². The van der Waals surface area contributed by atoms with Crippen molar-refractivity contribution < 1.29 is 9.90 Å². The molecule has 0 spiro atoms. The molecule has 22 heavy (non-hydrogen) atoms. The quantitative estimate of drug-likeness (QED) is 0.811. The number of amides is 1. The van der Waals surface area contributed by atoms with Gasteiger partial charge in [0.15, 0.2) is 5.60 Å². The summed E-state index contributed by atoms with van der Waals surface area (Å²) in [5.41, 5.74) is 1.30. The number of benzene rings is 2. The third-order valence-electron chi connectivity index (χ3n) is 3.61. The van der Waals surface area contributed by atoms with Crippen molar-refractivity contribution in [2.24, 2.45) is 0 Å². The first kappa shape index (κ1) is 14.9. The highest BCUT2D eigenvalue weighted by Gasteiger charge is 2.39. The minimum Gasteiger partial charge on any atom is -0.379 e. The lowest BCUT2D eigenvalue weighted by atomic mass is 10.0. The Morgan fingerprint density at radius 1 is 1.05 bits per heavy atom. The number of anilines is 3. The highest BCUT2D eigenvalue weighted by molar-refractivity contribution is 7.99. The van der Waals surface area contributed by atoms with Crippen molar-refractivity contribution in [2.75, 3.05) is 22.1 Å². The van der Waals surface area contributed by atoms with Gasteiger partial charge < -0.3 is 15.7 Å². The maximum atomic E-state index is 12.2. The molecule has 2 aromatic carbocycles. The van der Waals surface area contributed by atoms with Gasteiger partial charge in [-0.1, -0.05) is 24.3 Å². The van der Waals surface area contributed by atoms with Crippen LogP contribution in [0.4, 0.5) is 17.1 Å². The van der Waals surface area contributed by atoms with Crippen LogP contribution in [0.5, 0.6) is 0 Å². The fourth-order valence-corrected chi connectivity index (χ4v) is 3.58.